The molecule has 7 heteroatoms. The lowest BCUT2D eigenvalue weighted by Gasteiger charge is -2.14. The number of nitrogens with zero attached hydrogens (tertiary/aromatic N) is 1. The molecule has 146 valence electrons. The molecular formula is C21H23N3O3S. The van der Waals surface area contributed by atoms with Crippen LogP contribution in [0.2, 0.25) is 0 Å². The van der Waals surface area contributed by atoms with Gasteiger partial charge in [0, 0.05) is 17.3 Å². The van der Waals surface area contributed by atoms with E-state index >= 15 is 0 Å². The number of aryl methyl sites for hydroxylation is 1. The number of aromatic amines is 1. The molecule has 0 bridgehead atoms. The van der Waals surface area contributed by atoms with E-state index in [1.165, 1.54) is 6.07 Å². The van der Waals surface area contributed by atoms with Gasteiger partial charge in [-0.15, -0.1) is 0 Å². The maximum Gasteiger partial charge on any atom is 0.264 e. The first-order valence-corrected chi connectivity index (χ1v) is 10.6. The van der Waals surface area contributed by atoms with E-state index in [4.69, 9.17) is 0 Å². The Labute approximate surface area is 164 Å². The number of H-pyrrole nitrogens is 1. The van der Waals surface area contributed by atoms with Crippen LogP contribution >= 0.6 is 0 Å². The lowest BCUT2D eigenvalue weighted by Crippen LogP contribution is -2.15. The fourth-order valence-electron chi connectivity index (χ4n) is 2.91. The number of rotatable bonds is 6. The van der Waals surface area contributed by atoms with Crippen LogP contribution in [0.3, 0.4) is 0 Å². The van der Waals surface area contributed by atoms with Gasteiger partial charge in [0.05, 0.1) is 10.6 Å². The number of anilines is 1. The van der Waals surface area contributed by atoms with Crippen LogP contribution in [0.4, 0.5) is 5.69 Å². The highest BCUT2D eigenvalue weighted by Crippen LogP contribution is 2.26. The molecule has 0 aliphatic carbocycles. The molecule has 1 aromatic heterocycles. The van der Waals surface area contributed by atoms with Gasteiger partial charge >= 0.3 is 0 Å². The third kappa shape index (κ3) is 4.31. The summed E-state index contributed by atoms with van der Waals surface area (Å²) in [6, 6.07) is 15.5. The number of nitrogens with one attached hydrogen (secondary N) is 2. The van der Waals surface area contributed by atoms with Crippen molar-refractivity contribution in [2.45, 2.75) is 38.0 Å². The second kappa shape index (κ2) is 7.98. The normalized spacial score (nSPS) is 11.6. The molecule has 0 amide bonds. The van der Waals surface area contributed by atoms with Crippen LogP contribution in [-0.2, 0) is 16.4 Å². The molecule has 0 aliphatic rings. The molecule has 0 atom stereocenters. The van der Waals surface area contributed by atoms with Crippen molar-refractivity contribution in [3.63, 3.8) is 0 Å². The second-order valence-electron chi connectivity index (χ2n) is 6.86. The highest BCUT2D eigenvalue weighted by Gasteiger charge is 2.19. The second-order valence-corrected chi connectivity index (χ2v) is 8.52. The van der Waals surface area contributed by atoms with Crippen molar-refractivity contribution in [1.29, 1.82) is 0 Å². The van der Waals surface area contributed by atoms with Crippen LogP contribution in [0.15, 0.2) is 64.3 Å². The van der Waals surface area contributed by atoms with Crippen molar-refractivity contribution in [2.24, 2.45) is 0 Å². The Balaban J connectivity index is 1.98. The summed E-state index contributed by atoms with van der Waals surface area (Å²) < 4.78 is 28.8. The zero-order valence-electron chi connectivity index (χ0n) is 16.1. The van der Waals surface area contributed by atoms with Gasteiger partial charge in [-0.2, -0.15) is 5.10 Å². The molecule has 0 spiro atoms. The first-order chi connectivity index (χ1) is 13.3. The highest BCUT2D eigenvalue weighted by atomic mass is 32.2. The molecule has 6 nitrogen and oxygen atoms in total. The summed E-state index contributed by atoms with van der Waals surface area (Å²) in [6.45, 7) is 6.08. The van der Waals surface area contributed by atoms with Gasteiger partial charge < -0.3 is 0 Å². The van der Waals surface area contributed by atoms with Crippen molar-refractivity contribution < 1.29 is 8.42 Å². The van der Waals surface area contributed by atoms with E-state index < -0.39 is 10.0 Å². The largest absolute Gasteiger partial charge is 0.280 e. The van der Waals surface area contributed by atoms with E-state index in [9.17, 15) is 13.2 Å². The molecule has 3 rings (SSSR count). The van der Waals surface area contributed by atoms with Crippen molar-refractivity contribution in [3.05, 3.63) is 76.1 Å². The van der Waals surface area contributed by atoms with E-state index in [1.807, 2.05) is 19.1 Å². The van der Waals surface area contributed by atoms with Gasteiger partial charge in [0.2, 0.25) is 0 Å². The molecule has 0 saturated heterocycles. The molecule has 28 heavy (non-hydrogen) atoms. The van der Waals surface area contributed by atoms with E-state index in [2.05, 4.69) is 28.8 Å². The predicted molar refractivity (Wildman–Crippen MR) is 111 cm³/mol. The van der Waals surface area contributed by atoms with Gasteiger partial charge in [-0.25, -0.2) is 13.5 Å². The molecule has 0 fully saturated rings. The molecule has 0 aliphatic heterocycles. The standard InChI is InChI=1S/C21H23N3O3S/c1-4-15-5-6-17(19-11-12-21(25)23-22-19)13-20(15)28(26,27)24-18-9-7-16(8-10-18)14(2)3/h5-14,24H,4H2,1-3H3,(H,23,25). The zero-order valence-corrected chi connectivity index (χ0v) is 16.9. The summed E-state index contributed by atoms with van der Waals surface area (Å²) in [6.07, 6.45) is 0.571. The number of hydrogen-bond donors (Lipinski definition) is 2. The summed E-state index contributed by atoms with van der Waals surface area (Å²) in [7, 11) is -3.78. The zero-order chi connectivity index (χ0) is 20.3. The average molecular weight is 398 g/mol. The number of benzene rings is 2. The third-order valence-electron chi connectivity index (χ3n) is 4.54. The number of sulfonamides is 1. The van der Waals surface area contributed by atoms with E-state index in [0.29, 0.717) is 34.8 Å². The molecule has 2 aromatic carbocycles. The molecule has 2 N–H and O–H groups in total. The number of aromatic nitrogens is 2. The van der Waals surface area contributed by atoms with Crippen LogP contribution in [-0.4, -0.2) is 18.6 Å². The summed E-state index contributed by atoms with van der Waals surface area (Å²) >= 11 is 0. The van der Waals surface area contributed by atoms with Crippen LogP contribution in [0.1, 0.15) is 37.8 Å². The lowest BCUT2D eigenvalue weighted by atomic mass is 10.0. The Hall–Kier alpha value is -2.93. The average Bonchev–Trinajstić information content (AvgIpc) is 2.68. The van der Waals surface area contributed by atoms with Crippen LogP contribution in [0.25, 0.3) is 11.3 Å². The maximum atomic E-state index is 13.0. The van der Waals surface area contributed by atoms with Gasteiger partial charge in [0.15, 0.2) is 0 Å². The van der Waals surface area contributed by atoms with Crippen molar-refractivity contribution in [3.8, 4) is 11.3 Å². The quantitative estimate of drug-likeness (QED) is 0.659. The molecule has 0 saturated carbocycles. The van der Waals surface area contributed by atoms with E-state index in [1.54, 1.807) is 36.4 Å². The van der Waals surface area contributed by atoms with Crippen molar-refractivity contribution >= 4 is 15.7 Å². The minimum Gasteiger partial charge on any atom is -0.280 e. The van der Waals surface area contributed by atoms with Crippen LogP contribution in [0.5, 0.6) is 0 Å². The van der Waals surface area contributed by atoms with Gasteiger partial charge in [-0.1, -0.05) is 45.0 Å². The Morgan fingerprint density at radius 2 is 1.75 bits per heavy atom. The van der Waals surface area contributed by atoms with E-state index in [-0.39, 0.29) is 10.5 Å². The Morgan fingerprint density at radius 1 is 1.04 bits per heavy atom. The lowest BCUT2D eigenvalue weighted by molar-refractivity contribution is 0.600. The SMILES string of the molecule is CCc1ccc(-c2ccc(=O)[nH]n2)cc1S(=O)(=O)Nc1ccc(C(C)C)cc1. The first-order valence-electron chi connectivity index (χ1n) is 9.12. The molecule has 0 radical (unpaired) electrons. The predicted octanol–water partition coefficient (Wildman–Crippen LogP) is 3.92. The summed E-state index contributed by atoms with van der Waals surface area (Å²) in [4.78, 5) is 11.4. The number of hydrogen-bond acceptors (Lipinski definition) is 4. The fraction of sp³-hybridized carbons (Fsp3) is 0.238. The van der Waals surface area contributed by atoms with Crippen molar-refractivity contribution in [2.75, 3.05) is 4.72 Å². The van der Waals surface area contributed by atoms with E-state index in [0.717, 1.165) is 5.56 Å². The Bertz CT molecular complexity index is 1110. The first kappa shape index (κ1) is 19.8. The molecule has 1 heterocycles. The van der Waals surface area contributed by atoms with Crippen LogP contribution in [0, 0.1) is 0 Å². The fourth-order valence-corrected chi connectivity index (χ4v) is 4.30. The van der Waals surface area contributed by atoms with Crippen LogP contribution < -0.4 is 10.3 Å². The summed E-state index contributed by atoms with van der Waals surface area (Å²) in [5, 5.41) is 6.35. The maximum absolute atomic E-state index is 13.0. The summed E-state index contributed by atoms with van der Waals surface area (Å²) in [5.74, 6) is 0.374. The summed E-state index contributed by atoms with van der Waals surface area (Å²) in [5.41, 5.74) is 3.17. The third-order valence-corrected chi connectivity index (χ3v) is 6.01. The molecule has 3 aromatic rings. The van der Waals surface area contributed by atoms with Crippen molar-refractivity contribution in [1.82, 2.24) is 10.2 Å². The minimum atomic E-state index is -3.78. The monoisotopic (exact) mass is 397 g/mol. The minimum absolute atomic E-state index is 0.202. The van der Waals surface area contributed by atoms with Gasteiger partial charge in [-0.3, -0.25) is 9.52 Å². The highest BCUT2D eigenvalue weighted by molar-refractivity contribution is 7.92. The smallest absolute Gasteiger partial charge is 0.264 e. The molecule has 0 unspecified atom stereocenters. The molecular weight excluding hydrogens is 374 g/mol. The Kier molecular flexibility index (Phi) is 5.65. The van der Waals surface area contributed by atoms with Gasteiger partial charge in [0.1, 0.15) is 0 Å². The topological polar surface area (TPSA) is 91.9 Å². The Morgan fingerprint density at radius 3 is 2.32 bits per heavy atom. The van der Waals surface area contributed by atoms with Gasteiger partial charge in [-0.05, 0) is 47.7 Å². The van der Waals surface area contributed by atoms with Gasteiger partial charge in [0.25, 0.3) is 15.6 Å².